The van der Waals surface area contributed by atoms with E-state index in [2.05, 4.69) is 13.8 Å². The Labute approximate surface area is 178 Å². The molecule has 0 aromatic heterocycles. The number of rotatable bonds is 11. The van der Waals surface area contributed by atoms with E-state index in [1.165, 1.54) is 6.07 Å². The van der Waals surface area contributed by atoms with Crippen LogP contribution in [0.1, 0.15) is 77.7 Å². The molecule has 4 heteroatoms. The fourth-order valence-corrected chi connectivity index (χ4v) is 4.47. The first-order valence-electron chi connectivity index (χ1n) is 11.4. The van der Waals surface area contributed by atoms with Crippen LogP contribution in [-0.4, -0.2) is 12.2 Å². The van der Waals surface area contributed by atoms with Crippen molar-refractivity contribution >= 4 is 11.6 Å². The maximum absolute atomic E-state index is 15.3. The summed E-state index contributed by atoms with van der Waals surface area (Å²) < 4.78 is 51.5. The standard InChI is InChI=1S/C26H33F3O/c1-4-7-9-11-18-14-19-16-20-17-26(12-6-3,30-13-10-8-5-2)25(29)24(28)23(20)22(19)21(27)15-18/h14-17H,4-13H2,1-3H3. The number of hydrogen-bond donors (Lipinski definition) is 0. The van der Waals surface area contributed by atoms with Gasteiger partial charge in [-0.25, -0.2) is 13.2 Å². The Morgan fingerprint density at radius 3 is 2.33 bits per heavy atom. The third-order valence-corrected chi connectivity index (χ3v) is 6.00. The van der Waals surface area contributed by atoms with Crippen molar-refractivity contribution in [2.24, 2.45) is 0 Å². The molecule has 3 rings (SSSR count). The first-order chi connectivity index (χ1) is 14.5. The Hall–Kier alpha value is -1.81. The van der Waals surface area contributed by atoms with Gasteiger partial charge in [-0.05, 0) is 60.3 Å². The number of hydrogen-bond acceptors (Lipinski definition) is 1. The highest BCUT2D eigenvalue weighted by molar-refractivity contribution is 5.91. The summed E-state index contributed by atoms with van der Waals surface area (Å²) in [5.41, 5.74) is 0.0578. The summed E-state index contributed by atoms with van der Waals surface area (Å²) in [5.74, 6) is -2.39. The number of ether oxygens (including phenoxy) is 1. The highest BCUT2D eigenvalue weighted by Gasteiger charge is 2.42. The first-order valence-corrected chi connectivity index (χ1v) is 11.4. The van der Waals surface area contributed by atoms with Crippen LogP contribution in [0.4, 0.5) is 13.2 Å². The van der Waals surface area contributed by atoms with Crippen molar-refractivity contribution in [1.82, 2.24) is 0 Å². The Bertz CT molecular complexity index is 957. The zero-order valence-electron chi connectivity index (χ0n) is 18.4. The average Bonchev–Trinajstić information content (AvgIpc) is 3.08. The minimum Gasteiger partial charge on any atom is -0.364 e. The van der Waals surface area contributed by atoms with Crippen LogP contribution in [0.25, 0.3) is 11.6 Å². The topological polar surface area (TPSA) is 9.23 Å². The van der Waals surface area contributed by atoms with E-state index in [9.17, 15) is 4.39 Å². The van der Waals surface area contributed by atoms with Gasteiger partial charge in [-0.1, -0.05) is 58.9 Å². The third-order valence-electron chi connectivity index (χ3n) is 6.00. The molecule has 0 radical (unpaired) electrons. The van der Waals surface area contributed by atoms with E-state index in [1.807, 2.05) is 13.0 Å². The summed E-state index contributed by atoms with van der Waals surface area (Å²) in [4.78, 5) is 0. The molecule has 0 bridgehead atoms. The number of aryl methyl sites for hydroxylation is 1. The number of fused-ring (bicyclic) bond motifs is 2. The molecule has 0 spiro atoms. The SMILES string of the molecule is CCCCCOC1(CCC)C=C2C=c3cc(CCCCC)cc(F)c3=C2C(F)=C1F. The summed E-state index contributed by atoms with van der Waals surface area (Å²) in [5, 5.41) is 0.799. The van der Waals surface area contributed by atoms with Crippen molar-refractivity contribution in [2.45, 2.75) is 84.2 Å². The van der Waals surface area contributed by atoms with Crippen LogP contribution in [0.3, 0.4) is 0 Å². The number of halogens is 3. The number of benzene rings is 1. The summed E-state index contributed by atoms with van der Waals surface area (Å²) in [6.07, 6.45) is 11.2. The van der Waals surface area contributed by atoms with E-state index in [1.54, 1.807) is 12.2 Å². The highest BCUT2D eigenvalue weighted by Crippen LogP contribution is 2.44. The molecular formula is C26H33F3O. The van der Waals surface area contributed by atoms with Gasteiger partial charge in [0.2, 0.25) is 0 Å². The molecular weight excluding hydrogens is 385 g/mol. The Morgan fingerprint density at radius 2 is 1.63 bits per heavy atom. The minimum atomic E-state index is -1.40. The second-order valence-corrected chi connectivity index (χ2v) is 8.44. The molecule has 0 fully saturated rings. The Morgan fingerprint density at radius 1 is 0.900 bits per heavy atom. The van der Waals surface area contributed by atoms with Gasteiger partial charge < -0.3 is 4.74 Å². The van der Waals surface area contributed by atoms with E-state index < -0.39 is 23.1 Å². The molecule has 1 nitrogen and oxygen atoms in total. The molecule has 1 aromatic carbocycles. The molecule has 0 N–H and O–H groups in total. The van der Waals surface area contributed by atoms with Crippen LogP contribution >= 0.6 is 0 Å². The van der Waals surface area contributed by atoms with Gasteiger partial charge in [0.25, 0.3) is 0 Å². The van der Waals surface area contributed by atoms with Crippen LogP contribution in [0.2, 0.25) is 0 Å². The van der Waals surface area contributed by atoms with Crippen LogP contribution in [0.15, 0.2) is 35.4 Å². The summed E-state index contributed by atoms with van der Waals surface area (Å²) in [6.45, 7) is 6.51. The van der Waals surface area contributed by atoms with Crippen LogP contribution in [-0.2, 0) is 11.2 Å². The number of allylic oxidation sites excluding steroid dienone is 2. The lowest BCUT2D eigenvalue weighted by atomic mass is 9.85. The third kappa shape index (κ3) is 4.44. The second kappa shape index (κ2) is 10.00. The lowest BCUT2D eigenvalue weighted by Gasteiger charge is -2.33. The van der Waals surface area contributed by atoms with Crippen molar-refractivity contribution in [3.05, 3.63) is 57.3 Å². The fourth-order valence-electron chi connectivity index (χ4n) is 4.47. The minimum absolute atomic E-state index is 0.0315. The fraction of sp³-hybridized carbons (Fsp3) is 0.538. The van der Waals surface area contributed by atoms with Crippen molar-refractivity contribution in [3.8, 4) is 0 Å². The molecule has 164 valence electrons. The van der Waals surface area contributed by atoms with E-state index in [0.717, 1.165) is 50.5 Å². The monoisotopic (exact) mass is 418 g/mol. The molecule has 0 saturated heterocycles. The summed E-state index contributed by atoms with van der Waals surface area (Å²) in [7, 11) is 0. The quantitative estimate of drug-likeness (QED) is 0.381. The zero-order chi connectivity index (χ0) is 21.7. The van der Waals surface area contributed by atoms with Gasteiger partial charge >= 0.3 is 0 Å². The largest absolute Gasteiger partial charge is 0.364 e. The van der Waals surface area contributed by atoms with Crippen molar-refractivity contribution in [1.29, 1.82) is 0 Å². The van der Waals surface area contributed by atoms with Gasteiger partial charge in [-0.2, -0.15) is 0 Å². The van der Waals surface area contributed by atoms with Gasteiger partial charge in [0.15, 0.2) is 11.7 Å². The van der Waals surface area contributed by atoms with Gasteiger partial charge in [0.05, 0.1) is 0 Å². The van der Waals surface area contributed by atoms with E-state index in [4.69, 9.17) is 4.74 Å². The molecule has 30 heavy (non-hydrogen) atoms. The maximum atomic E-state index is 15.3. The molecule has 1 atom stereocenters. The van der Waals surface area contributed by atoms with Crippen molar-refractivity contribution in [2.75, 3.05) is 6.61 Å². The molecule has 2 aliphatic carbocycles. The van der Waals surface area contributed by atoms with Crippen LogP contribution in [0, 0.1) is 5.82 Å². The van der Waals surface area contributed by atoms with Gasteiger partial charge in [0, 0.05) is 17.4 Å². The summed E-state index contributed by atoms with van der Waals surface area (Å²) >= 11 is 0. The van der Waals surface area contributed by atoms with E-state index in [-0.39, 0.29) is 10.8 Å². The molecule has 1 aromatic rings. The molecule has 0 aliphatic heterocycles. The molecule has 0 saturated carbocycles. The van der Waals surface area contributed by atoms with Gasteiger partial charge in [-0.15, -0.1) is 0 Å². The molecule has 2 aliphatic rings. The maximum Gasteiger partial charge on any atom is 0.172 e. The normalized spacial score (nSPS) is 20.2. The zero-order valence-corrected chi connectivity index (χ0v) is 18.4. The molecule has 0 heterocycles. The average molecular weight is 419 g/mol. The Kier molecular flexibility index (Phi) is 7.62. The first kappa shape index (κ1) is 22.9. The lowest BCUT2D eigenvalue weighted by Crippen LogP contribution is -2.36. The van der Waals surface area contributed by atoms with E-state index >= 15 is 8.78 Å². The van der Waals surface area contributed by atoms with E-state index in [0.29, 0.717) is 30.2 Å². The predicted octanol–water partition coefficient (Wildman–Crippen LogP) is 6.34. The Balaban J connectivity index is 2.04. The number of unbranched alkanes of at least 4 members (excludes halogenated alkanes) is 4. The molecule has 0 amide bonds. The van der Waals surface area contributed by atoms with Crippen molar-refractivity contribution in [3.63, 3.8) is 0 Å². The predicted molar refractivity (Wildman–Crippen MR) is 117 cm³/mol. The summed E-state index contributed by atoms with van der Waals surface area (Å²) in [6, 6.07) is 3.38. The lowest BCUT2D eigenvalue weighted by molar-refractivity contribution is -0.00757. The van der Waals surface area contributed by atoms with Crippen molar-refractivity contribution < 1.29 is 17.9 Å². The van der Waals surface area contributed by atoms with Gasteiger partial charge in [-0.3, -0.25) is 0 Å². The van der Waals surface area contributed by atoms with Crippen LogP contribution in [0.5, 0.6) is 0 Å². The van der Waals surface area contributed by atoms with Gasteiger partial charge in [0.1, 0.15) is 11.4 Å². The highest BCUT2D eigenvalue weighted by atomic mass is 19.2. The van der Waals surface area contributed by atoms with Crippen LogP contribution < -0.4 is 10.4 Å². The smallest absolute Gasteiger partial charge is 0.172 e. The molecule has 1 unspecified atom stereocenters. The second-order valence-electron chi connectivity index (χ2n) is 8.44.